The predicted octanol–water partition coefficient (Wildman–Crippen LogP) is 1.80. The molecule has 1 aromatic carbocycles. The fourth-order valence-electron chi connectivity index (χ4n) is 1.11. The van der Waals surface area contributed by atoms with Gasteiger partial charge < -0.3 is 15.5 Å². The van der Waals surface area contributed by atoms with Gasteiger partial charge in [-0.2, -0.15) is 0 Å². The number of ether oxygens (including phenoxy) is 1. The second-order valence-corrected chi connectivity index (χ2v) is 3.44. The van der Waals surface area contributed by atoms with Crippen LogP contribution in [0.3, 0.4) is 0 Å². The molecule has 6 heteroatoms. The Balaban J connectivity index is 2.38. The number of nitrogens with zero attached hydrogens (tertiary/aromatic N) is 1. The fraction of sp³-hybridized carbons (Fsp3) is 0. The van der Waals surface area contributed by atoms with Crippen LogP contribution in [0.25, 0.3) is 0 Å². The molecule has 0 amide bonds. The molecule has 0 bridgehead atoms. The first-order valence-corrected chi connectivity index (χ1v) is 4.81. The Bertz CT molecular complexity index is 568. The first-order valence-electron chi connectivity index (χ1n) is 4.43. The first kappa shape index (κ1) is 10.5. The zero-order chi connectivity index (χ0) is 11.5. The van der Waals surface area contributed by atoms with Gasteiger partial charge in [0.2, 0.25) is 0 Å². The van der Waals surface area contributed by atoms with Gasteiger partial charge in [0.25, 0.3) is 5.88 Å². The van der Waals surface area contributed by atoms with Crippen LogP contribution in [0.2, 0.25) is 5.02 Å². The van der Waals surface area contributed by atoms with E-state index in [0.29, 0.717) is 16.5 Å². The molecule has 2 aromatic rings. The van der Waals surface area contributed by atoms with Gasteiger partial charge in [-0.05, 0) is 12.1 Å². The molecule has 5 nitrogen and oxygen atoms in total. The standard InChI is InChI=1S/C10H8ClN3O2/c11-6-1-2-7(12)8(5-6)16-10-9(15)13-3-4-14-10/h1-5H,12H2,(H,13,15). The molecule has 0 aliphatic rings. The van der Waals surface area contributed by atoms with Gasteiger partial charge in [0.15, 0.2) is 5.75 Å². The normalized spacial score (nSPS) is 10.1. The number of aromatic amines is 1. The highest BCUT2D eigenvalue weighted by Crippen LogP contribution is 2.27. The molecule has 2 rings (SSSR count). The van der Waals surface area contributed by atoms with Crippen molar-refractivity contribution in [3.63, 3.8) is 0 Å². The lowest BCUT2D eigenvalue weighted by Crippen LogP contribution is -2.09. The maximum absolute atomic E-state index is 11.3. The molecule has 1 heterocycles. The van der Waals surface area contributed by atoms with Crippen LogP contribution in [0.4, 0.5) is 5.69 Å². The lowest BCUT2D eigenvalue weighted by molar-refractivity contribution is 0.456. The molecule has 0 atom stereocenters. The summed E-state index contributed by atoms with van der Waals surface area (Å²) >= 11 is 5.78. The van der Waals surface area contributed by atoms with Gasteiger partial charge in [-0.25, -0.2) is 4.98 Å². The van der Waals surface area contributed by atoms with E-state index in [-0.39, 0.29) is 5.88 Å². The third-order valence-corrected chi connectivity index (χ3v) is 2.09. The van der Waals surface area contributed by atoms with Gasteiger partial charge in [-0.3, -0.25) is 4.79 Å². The minimum atomic E-state index is -0.429. The molecule has 0 spiro atoms. The van der Waals surface area contributed by atoms with Crippen molar-refractivity contribution in [3.8, 4) is 11.6 Å². The maximum Gasteiger partial charge on any atom is 0.311 e. The van der Waals surface area contributed by atoms with E-state index in [9.17, 15) is 4.79 Å². The Labute approximate surface area is 95.8 Å². The summed E-state index contributed by atoms with van der Waals surface area (Å²) in [7, 11) is 0. The number of H-pyrrole nitrogens is 1. The summed E-state index contributed by atoms with van der Waals surface area (Å²) in [6, 6.07) is 4.74. The minimum Gasteiger partial charge on any atom is -0.432 e. The van der Waals surface area contributed by atoms with Crippen molar-refractivity contribution < 1.29 is 4.74 Å². The van der Waals surface area contributed by atoms with E-state index in [2.05, 4.69) is 9.97 Å². The maximum atomic E-state index is 11.3. The Hall–Kier alpha value is -2.01. The second-order valence-electron chi connectivity index (χ2n) is 3.01. The largest absolute Gasteiger partial charge is 0.432 e. The van der Waals surface area contributed by atoms with E-state index < -0.39 is 5.56 Å². The van der Waals surface area contributed by atoms with E-state index in [0.717, 1.165) is 0 Å². The van der Waals surface area contributed by atoms with Gasteiger partial charge in [-0.15, -0.1) is 0 Å². The highest BCUT2D eigenvalue weighted by atomic mass is 35.5. The van der Waals surface area contributed by atoms with Crippen LogP contribution in [0.1, 0.15) is 0 Å². The lowest BCUT2D eigenvalue weighted by atomic mass is 10.3. The topological polar surface area (TPSA) is 81.0 Å². The van der Waals surface area contributed by atoms with E-state index in [1.54, 1.807) is 12.1 Å². The smallest absolute Gasteiger partial charge is 0.311 e. The number of halogens is 1. The Morgan fingerprint density at radius 3 is 3.00 bits per heavy atom. The molecule has 0 saturated carbocycles. The molecule has 3 N–H and O–H groups in total. The quantitative estimate of drug-likeness (QED) is 0.781. The molecule has 1 aromatic heterocycles. The third-order valence-electron chi connectivity index (χ3n) is 1.86. The van der Waals surface area contributed by atoms with Crippen molar-refractivity contribution in [1.29, 1.82) is 0 Å². The number of hydrogen-bond acceptors (Lipinski definition) is 4. The van der Waals surface area contributed by atoms with Crippen molar-refractivity contribution in [3.05, 3.63) is 46.0 Å². The minimum absolute atomic E-state index is 0.0727. The highest BCUT2D eigenvalue weighted by molar-refractivity contribution is 6.30. The summed E-state index contributed by atoms with van der Waals surface area (Å²) in [4.78, 5) is 17.5. The molecule has 82 valence electrons. The van der Waals surface area contributed by atoms with Gasteiger partial charge in [0.1, 0.15) is 0 Å². The first-order chi connectivity index (χ1) is 7.66. The molecule has 0 aliphatic carbocycles. The lowest BCUT2D eigenvalue weighted by Gasteiger charge is -2.06. The molecule has 0 fully saturated rings. The Morgan fingerprint density at radius 2 is 2.25 bits per heavy atom. The number of benzene rings is 1. The zero-order valence-corrected chi connectivity index (χ0v) is 8.86. The van der Waals surface area contributed by atoms with Crippen molar-refractivity contribution in [2.75, 3.05) is 5.73 Å². The number of nitrogens with two attached hydrogens (primary N) is 1. The molecule has 0 aliphatic heterocycles. The average Bonchev–Trinajstić information content (AvgIpc) is 2.27. The van der Waals surface area contributed by atoms with Crippen LogP contribution >= 0.6 is 11.6 Å². The molecule has 0 radical (unpaired) electrons. The number of aromatic nitrogens is 2. The SMILES string of the molecule is Nc1ccc(Cl)cc1Oc1ncc[nH]c1=O. The Morgan fingerprint density at radius 1 is 1.44 bits per heavy atom. The predicted molar refractivity (Wildman–Crippen MR) is 60.8 cm³/mol. The number of nitrogens with one attached hydrogen (secondary N) is 1. The monoisotopic (exact) mass is 237 g/mol. The van der Waals surface area contributed by atoms with E-state index in [4.69, 9.17) is 22.1 Å². The van der Waals surface area contributed by atoms with Gasteiger partial charge >= 0.3 is 5.56 Å². The number of anilines is 1. The van der Waals surface area contributed by atoms with Crippen molar-refractivity contribution in [2.24, 2.45) is 0 Å². The summed E-state index contributed by atoms with van der Waals surface area (Å²) < 4.78 is 5.26. The Kier molecular flexibility index (Phi) is 2.78. The van der Waals surface area contributed by atoms with Crippen molar-refractivity contribution in [2.45, 2.75) is 0 Å². The van der Waals surface area contributed by atoms with Crippen LogP contribution in [0.15, 0.2) is 35.4 Å². The van der Waals surface area contributed by atoms with Gasteiger partial charge in [-0.1, -0.05) is 11.6 Å². The van der Waals surface area contributed by atoms with Crippen LogP contribution in [0, 0.1) is 0 Å². The summed E-state index contributed by atoms with van der Waals surface area (Å²) in [5, 5.41) is 0.469. The van der Waals surface area contributed by atoms with Crippen LogP contribution < -0.4 is 16.0 Å². The summed E-state index contributed by atoms with van der Waals surface area (Å²) in [6.07, 6.45) is 2.83. The van der Waals surface area contributed by atoms with Crippen molar-refractivity contribution >= 4 is 17.3 Å². The van der Waals surface area contributed by atoms with Gasteiger partial charge in [0.05, 0.1) is 5.69 Å². The third kappa shape index (κ3) is 2.14. The summed E-state index contributed by atoms with van der Waals surface area (Å²) in [6.45, 7) is 0. The van der Waals surface area contributed by atoms with Crippen molar-refractivity contribution in [1.82, 2.24) is 9.97 Å². The number of nitrogen functional groups attached to an aromatic ring is 1. The number of hydrogen-bond donors (Lipinski definition) is 2. The molecule has 0 unspecified atom stereocenters. The molecule has 16 heavy (non-hydrogen) atoms. The van der Waals surface area contributed by atoms with E-state index >= 15 is 0 Å². The van der Waals surface area contributed by atoms with Crippen LogP contribution in [0.5, 0.6) is 11.6 Å². The summed E-state index contributed by atoms with van der Waals surface area (Å²) in [5.74, 6) is 0.230. The van der Waals surface area contributed by atoms with Crippen LogP contribution in [-0.4, -0.2) is 9.97 Å². The second kappa shape index (κ2) is 4.24. The zero-order valence-electron chi connectivity index (χ0n) is 8.11. The summed E-state index contributed by atoms with van der Waals surface area (Å²) in [5.41, 5.74) is 5.62. The fourth-order valence-corrected chi connectivity index (χ4v) is 1.27. The molecular weight excluding hydrogens is 230 g/mol. The van der Waals surface area contributed by atoms with E-state index in [1.807, 2.05) is 0 Å². The van der Waals surface area contributed by atoms with Crippen LogP contribution in [-0.2, 0) is 0 Å². The molecular formula is C10H8ClN3O2. The molecule has 0 saturated heterocycles. The highest BCUT2D eigenvalue weighted by Gasteiger charge is 2.06. The van der Waals surface area contributed by atoms with E-state index in [1.165, 1.54) is 18.5 Å². The average molecular weight is 238 g/mol. The number of rotatable bonds is 2. The van der Waals surface area contributed by atoms with Gasteiger partial charge in [0, 0.05) is 23.5 Å².